The summed E-state index contributed by atoms with van der Waals surface area (Å²) in [6.45, 7) is 5.53. The maximum atomic E-state index is 13.9. The first-order valence-corrected chi connectivity index (χ1v) is 10.5. The van der Waals surface area contributed by atoms with E-state index in [0.717, 1.165) is 10.5 Å². The lowest BCUT2D eigenvalue weighted by Gasteiger charge is -2.36. The second-order valence-corrected chi connectivity index (χ2v) is 8.41. The summed E-state index contributed by atoms with van der Waals surface area (Å²) in [5.41, 5.74) is 1.71. The Hall–Kier alpha value is -2.54. The van der Waals surface area contributed by atoms with Crippen LogP contribution in [0.25, 0.3) is 0 Å². The van der Waals surface area contributed by atoms with Gasteiger partial charge in [-0.05, 0) is 38.1 Å². The van der Waals surface area contributed by atoms with Crippen molar-refractivity contribution < 1.29 is 18.7 Å². The molecule has 0 spiro atoms. The number of rotatable bonds is 6. The normalized spacial score (nSPS) is 15.1. The predicted molar refractivity (Wildman–Crippen MR) is 113 cm³/mol. The molecule has 5 nitrogen and oxygen atoms in total. The molecule has 2 aromatic carbocycles. The van der Waals surface area contributed by atoms with Gasteiger partial charge in [-0.3, -0.25) is 9.59 Å². The number of piperazine rings is 1. The summed E-state index contributed by atoms with van der Waals surface area (Å²) < 4.78 is 19.1. The molecule has 0 aliphatic carbocycles. The number of esters is 1. The Labute approximate surface area is 174 Å². The van der Waals surface area contributed by atoms with Crippen LogP contribution >= 0.6 is 11.8 Å². The summed E-state index contributed by atoms with van der Waals surface area (Å²) in [5.74, 6) is -0.894. The van der Waals surface area contributed by atoms with Crippen LogP contribution in [0.1, 0.15) is 12.5 Å². The highest BCUT2D eigenvalue weighted by molar-refractivity contribution is 8.00. The molecule has 0 saturated carbocycles. The molecule has 1 atom stereocenters. The minimum absolute atomic E-state index is 0.223. The fourth-order valence-corrected chi connectivity index (χ4v) is 3.98. The van der Waals surface area contributed by atoms with Crippen LogP contribution in [0.5, 0.6) is 0 Å². The highest BCUT2D eigenvalue weighted by Gasteiger charge is 2.24. The number of para-hydroxylation sites is 1. The Morgan fingerprint density at radius 3 is 2.38 bits per heavy atom. The zero-order chi connectivity index (χ0) is 20.8. The molecule has 2 aromatic rings. The zero-order valence-corrected chi connectivity index (χ0v) is 17.5. The summed E-state index contributed by atoms with van der Waals surface area (Å²) in [4.78, 5) is 29.2. The molecule has 1 amide bonds. The monoisotopic (exact) mass is 416 g/mol. The van der Waals surface area contributed by atoms with Gasteiger partial charge in [-0.2, -0.15) is 0 Å². The number of carbonyl (C=O) groups excluding carboxylic acids is 2. The number of aryl methyl sites for hydroxylation is 1. The molecule has 1 heterocycles. The maximum absolute atomic E-state index is 13.9. The van der Waals surface area contributed by atoms with Crippen molar-refractivity contribution >= 4 is 29.3 Å². The Bertz CT molecular complexity index is 851. The highest BCUT2D eigenvalue weighted by atomic mass is 32.2. The molecule has 1 aliphatic heterocycles. The number of nitrogens with zero attached hydrogens (tertiary/aromatic N) is 2. The number of benzene rings is 2. The molecule has 0 aromatic heterocycles. The minimum Gasteiger partial charge on any atom is -0.455 e. The molecule has 29 heavy (non-hydrogen) atoms. The van der Waals surface area contributed by atoms with E-state index in [4.69, 9.17) is 4.74 Å². The van der Waals surface area contributed by atoms with Crippen LogP contribution in [0.2, 0.25) is 0 Å². The van der Waals surface area contributed by atoms with E-state index in [1.54, 1.807) is 30.0 Å². The fraction of sp³-hybridized carbons (Fsp3) is 0.364. The van der Waals surface area contributed by atoms with E-state index in [2.05, 4.69) is 0 Å². The third-order valence-corrected chi connectivity index (χ3v) is 5.92. The van der Waals surface area contributed by atoms with Crippen LogP contribution in [0, 0.1) is 12.7 Å². The molecule has 0 radical (unpaired) electrons. The van der Waals surface area contributed by atoms with Gasteiger partial charge in [0.2, 0.25) is 0 Å². The molecule has 7 heteroatoms. The van der Waals surface area contributed by atoms with Gasteiger partial charge in [-0.1, -0.05) is 29.8 Å². The molecule has 1 fully saturated rings. The molecular formula is C22H25FN2O3S. The number of ether oxygens (including phenoxy) is 1. The number of carbonyl (C=O) groups is 2. The van der Waals surface area contributed by atoms with Crippen LogP contribution in [0.3, 0.4) is 0 Å². The quantitative estimate of drug-likeness (QED) is 0.533. The summed E-state index contributed by atoms with van der Waals surface area (Å²) >= 11 is 1.41. The van der Waals surface area contributed by atoms with Crippen molar-refractivity contribution in [2.45, 2.75) is 24.0 Å². The van der Waals surface area contributed by atoms with Crippen LogP contribution in [-0.2, 0) is 14.3 Å². The average molecular weight is 417 g/mol. The van der Waals surface area contributed by atoms with E-state index >= 15 is 0 Å². The lowest BCUT2D eigenvalue weighted by Crippen LogP contribution is -2.50. The van der Waals surface area contributed by atoms with Gasteiger partial charge in [0.15, 0.2) is 6.61 Å². The zero-order valence-electron chi connectivity index (χ0n) is 16.6. The van der Waals surface area contributed by atoms with Gasteiger partial charge < -0.3 is 14.5 Å². The van der Waals surface area contributed by atoms with E-state index in [1.807, 2.05) is 36.1 Å². The molecule has 1 aliphatic rings. The van der Waals surface area contributed by atoms with Crippen LogP contribution in [0.15, 0.2) is 53.4 Å². The number of amides is 1. The second kappa shape index (κ2) is 9.78. The van der Waals surface area contributed by atoms with Crippen LogP contribution in [-0.4, -0.2) is 54.8 Å². The number of anilines is 1. The lowest BCUT2D eigenvalue weighted by atomic mass is 10.2. The van der Waals surface area contributed by atoms with Gasteiger partial charge in [-0.15, -0.1) is 11.8 Å². The third kappa shape index (κ3) is 5.73. The first-order valence-electron chi connectivity index (χ1n) is 9.61. The van der Waals surface area contributed by atoms with E-state index in [0.29, 0.717) is 31.9 Å². The number of hydrogen-bond acceptors (Lipinski definition) is 5. The van der Waals surface area contributed by atoms with Crippen molar-refractivity contribution in [2.24, 2.45) is 0 Å². The van der Waals surface area contributed by atoms with Crippen molar-refractivity contribution in [3.05, 3.63) is 59.9 Å². The van der Waals surface area contributed by atoms with Gasteiger partial charge in [0.1, 0.15) is 11.1 Å². The molecular weight excluding hydrogens is 391 g/mol. The van der Waals surface area contributed by atoms with Crippen LogP contribution < -0.4 is 4.90 Å². The summed E-state index contributed by atoms with van der Waals surface area (Å²) in [7, 11) is 0. The molecule has 0 unspecified atom stereocenters. The molecule has 0 N–H and O–H groups in total. The SMILES string of the molecule is Cc1ccc(S[C@H](C)C(=O)OCC(=O)N2CCN(c3ccccc3F)CC2)cc1. The second-order valence-electron chi connectivity index (χ2n) is 7.00. The van der Waals surface area contributed by atoms with Crippen molar-refractivity contribution in [3.8, 4) is 0 Å². The largest absolute Gasteiger partial charge is 0.455 e. The predicted octanol–water partition coefficient (Wildman–Crippen LogP) is 3.51. The summed E-state index contributed by atoms with van der Waals surface area (Å²) in [6, 6.07) is 14.5. The topological polar surface area (TPSA) is 49.9 Å². The number of hydrogen-bond donors (Lipinski definition) is 0. The molecule has 154 valence electrons. The number of thioether (sulfide) groups is 1. The molecule has 0 bridgehead atoms. The van der Waals surface area contributed by atoms with Gasteiger partial charge in [0.05, 0.1) is 5.69 Å². The first kappa shape index (κ1) is 21.2. The Balaban J connectivity index is 1.43. The number of halogens is 1. The van der Waals surface area contributed by atoms with Crippen LogP contribution in [0.4, 0.5) is 10.1 Å². The summed E-state index contributed by atoms with van der Waals surface area (Å²) in [6.07, 6.45) is 0. The molecule has 3 rings (SSSR count). The maximum Gasteiger partial charge on any atom is 0.319 e. The van der Waals surface area contributed by atoms with Crippen molar-refractivity contribution in [1.82, 2.24) is 4.90 Å². The lowest BCUT2D eigenvalue weighted by molar-refractivity contribution is -0.151. The Morgan fingerprint density at radius 1 is 1.07 bits per heavy atom. The van der Waals surface area contributed by atoms with Gasteiger partial charge in [0.25, 0.3) is 5.91 Å². The van der Waals surface area contributed by atoms with Crippen molar-refractivity contribution in [3.63, 3.8) is 0 Å². The van der Waals surface area contributed by atoms with E-state index in [-0.39, 0.29) is 18.3 Å². The van der Waals surface area contributed by atoms with E-state index in [9.17, 15) is 14.0 Å². The van der Waals surface area contributed by atoms with Gasteiger partial charge in [0, 0.05) is 31.1 Å². The summed E-state index contributed by atoms with van der Waals surface area (Å²) in [5, 5.41) is -0.400. The van der Waals surface area contributed by atoms with E-state index < -0.39 is 11.2 Å². The molecule has 1 saturated heterocycles. The van der Waals surface area contributed by atoms with Crippen molar-refractivity contribution in [1.29, 1.82) is 0 Å². The fourth-order valence-electron chi connectivity index (χ4n) is 3.12. The first-order chi connectivity index (χ1) is 13.9. The van der Waals surface area contributed by atoms with Gasteiger partial charge in [-0.25, -0.2) is 4.39 Å². The Morgan fingerprint density at radius 2 is 1.72 bits per heavy atom. The average Bonchev–Trinajstić information content (AvgIpc) is 2.74. The third-order valence-electron chi connectivity index (χ3n) is 4.83. The van der Waals surface area contributed by atoms with E-state index in [1.165, 1.54) is 17.8 Å². The highest BCUT2D eigenvalue weighted by Crippen LogP contribution is 2.24. The van der Waals surface area contributed by atoms with Gasteiger partial charge >= 0.3 is 5.97 Å². The standard InChI is InChI=1S/C22H25FN2O3S/c1-16-7-9-18(10-8-16)29-17(2)22(27)28-15-21(26)25-13-11-24(12-14-25)20-6-4-3-5-19(20)23/h3-10,17H,11-15H2,1-2H3/t17-/m1/s1. The minimum atomic E-state index is -0.408. The van der Waals surface area contributed by atoms with Crippen molar-refractivity contribution in [2.75, 3.05) is 37.7 Å². The smallest absolute Gasteiger partial charge is 0.319 e. The Kier molecular flexibility index (Phi) is 7.14.